The number of carbonyl (C=O) groups is 1. The number of nitrogens with zero attached hydrogens (tertiary/aromatic N) is 1. The summed E-state index contributed by atoms with van der Waals surface area (Å²) in [7, 11) is 1.84. The fourth-order valence-electron chi connectivity index (χ4n) is 2.30. The highest BCUT2D eigenvalue weighted by molar-refractivity contribution is 5.98. The van der Waals surface area contributed by atoms with Crippen LogP contribution in [-0.4, -0.2) is 25.2 Å². The molecule has 0 saturated carbocycles. The molecule has 0 bridgehead atoms. The van der Waals surface area contributed by atoms with Crippen LogP contribution in [0.2, 0.25) is 0 Å². The Hall–Kier alpha value is -2.62. The maximum atomic E-state index is 12.3. The minimum atomic E-state index is -0.0564. The zero-order valence-electron chi connectivity index (χ0n) is 13.8. The molecule has 0 spiro atoms. The zero-order chi connectivity index (χ0) is 16.7. The molecule has 0 aromatic heterocycles. The van der Waals surface area contributed by atoms with Gasteiger partial charge in [0.15, 0.2) is 0 Å². The third-order valence-corrected chi connectivity index (χ3v) is 3.50. The van der Waals surface area contributed by atoms with Gasteiger partial charge >= 0.3 is 0 Å². The smallest absolute Gasteiger partial charge is 0.251 e. The topological polar surface area (TPSA) is 53.5 Å². The van der Waals surface area contributed by atoms with Gasteiger partial charge in [0.05, 0.1) is 5.70 Å². The number of aliphatic imine (C=N–C) groups is 1. The number of hydrogen-bond donors (Lipinski definition) is 2. The van der Waals surface area contributed by atoms with E-state index in [-0.39, 0.29) is 11.9 Å². The molecule has 120 valence electrons. The van der Waals surface area contributed by atoms with Gasteiger partial charge in [0.1, 0.15) is 0 Å². The summed E-state index contributed by atoms with van der Waals surface area (Å²) < 4.78 is 0. The lowest BCUT2D eigenvalue weighted by atomic mass is 10.1. The van der Waals surface area contributed by atoms with Gasteiger partial charge in [-0.15, -0.1) is 0 Å². The Bertz CT molecular complexity index is 734. The van der Waals surface area contributed by atoms with E-state index in [1.807, 2.05) is 75.8 Å². The minimum absolute atomic E-state index is 0.0279. The average Bonchev–Trinajstić information content (AvgIpc) is 2.54. The number of fused-ring (bicyclic) bond motifs is 1. The summed E-state index contributed by atoms with van der Waals surface area (Å²) in [5.41, 5.74) is 1.58. The van der Waals surface area contributed by atoms with Crippen LogP contribution in [-0.2, 0) is 0 Å². The number of allylic oxidation sites excluding steroid dienone is 1. The molecule has 0 fully saturated rings. The molecule has 0 aliphatic heterocycles. The number of benzene rings is 2. The predicted molar refractivity (Wildman–Crippen MR) is 96.8 cm³/mol. The Morgan fingerprint density at radius 2 is 1.96 bits per heavy atom. The Morgan fingerprint density at radius 1 is 1.22 bits per heavy atom. The fourth-order valence-corrected chi connectivity index (χ4v) is 2.30. The van der Waals surface area contributed by atoms with Crippen LogP contribution in [0.4, 0.5) is 0 Å². The maximum Gasteiger partial charge on any atom is 0.251 e. The molecular formula is C19H23N3O. The number of amides is 1. The van der Waals surface area contributed by atoms with Crippen molar-refractivity contribution < 1.29 is 4.79 Å². The van der Waals surface area contributed by atoms with E-state index in [1.165, 1.54) is 0 Å². The first-order valence-corrected chi connectivity index (χ1v) is 7.76. The second-order valence-corrected chi connectivity index (χ2v) is 5.56. The molecule has 0 aliphatic carbocycles. The van der Waals surface area contributed by atoms with Crippen LogP contribution in [0.15, 0.2) is 59.4 Å². The van der Waals surface area contributed by atoms with Crippen molar-refractivity contribution in [3.63, 3.8) is 0 Å². The first kappa shape index (κ1) is 16.7. The maximum absolute atomic E-state index is 12.3. The molecule has 23 heavy (non-hydrogen) atoms. The molecule has 2 N–H and O–H groups in total. The van der Waals surface area contributed by atoms with E-state index in [2.05, 4.69) is 15.6 Å². The van der Waals surface area contributed by atoms with Crippen molar-refractivity contribution in [2.75, 3.05) is 7.05 Å². The van der Waals surface area contributed by atoms with Gasteiger partial charge in [0.25, 0.3) is 5.91 Å². The molecule has 1 unspecified atom stereocenters. The van der Waals surface area contributed by atoms with Crippen molar-refractivity contribution in [3.05, 3.63) is 59.9 Å². The molecule has 0 heterocycles. The molecule has 2 aromatic rings. The van der Waals surface area contributed by atoms with Gasteiger partial charge in [-0.25, -0.2) is 0 Å². The third-order valence-electron chi connectivity index (χ3n) is 3.50. The summed E-state index contributed by atoms with van der Waals surface area (Å²) in [6, 6.07) is 13.8. The quantitative estimate of drug-likeness (QED) is 0.802. The van der Waals surface area contributed by atoms with Gasteiger partial charge in [0, 0.05) is 37.5 Å². The SMILES string of the molecule is CN/C=C(/C)N=CCC(C)NC(=O)c1ccc2ccccc2c1. The largest absolute Gasteiger partial charge is 0.393 e. The van der Waals surface area contributed by atoms with Gasteiger partial charge in [-0.3, -0.25) is 9.79 Å². The highest BCUT2D eigenvalue weighted by Crippen LogP contribution is 2.15. The summed E-state index contributed by atoms with van der Waals surface area (Å²) in [4.78, 5) is 16.6. The second kappa shape index (κ2) is 8.13. The van der Waals surface area contributed by atoms with Crippen molar-refractivity contribution in [1.82, 2.24) is 10.6 Å². The van der Waals surface area contributed by atoms with Crippen LogP contribution in [0.3, 0.4) is 0 Å². The molecule has 0 aliphatic rings. The van der Waals surface area contributed by atoms with Crippen LogP contribution in [0.25, 0.3) is 10.8 Å². The monoisotopic (exact) mass is 309 g/mol. The molecule has 2 aromatic carbocycles. The fraction of sp³-hybridized carbons (Fsp3) is 0.263. The highest BCUT2D eigenvalue weighted by Gasteiger charge is 2.09. The number of hydrogen-bond acceptors (Lipinski definition) is 3. The molecule has 0 radical (unpaired) electrons. The molecular weight excluding hydrogens is 286 g/mol. The Morgan fingerprint density at radius 3 is 2.70 bits per heavy atom. The van der Waals surface area contributed by atoms with E-state index < -0.39 is 0 Å². The third kappa shape index (κ3) is 4.95. The van der Waals surface area contributed by atoms with Crippen molar-refractivity contribution >= 4 is 22.9 Å². The van der Waals surface area contributed by atoms with E-state index in [0.29, 0.717) is 12.0 Å². The van der Waals surface area contributed by atoms with Crippen molar-refractivity contribution in [2.24, 2.45) is 4.99 Å². The lowest BCUT2D eigenvalue weighted by molar-refractivity contribution is 0.0941. The summed E-state index contributed by atoms with van der Waals surface area (Å²) in [5.74, 6) is -0.0564. The van der Waals surface area contributed by atoms with Crippen LogP contribution in [0.5, 0.6) is 0 Å². The van der Waals surface area contributed by atoms with E-state index in [1.54, 1.807) is 0 Å². The van der Waals surface area contributed by atoms with Gasteiger partial charge in [-0.1, -0.05) is 30.3 Å². The van der Waals surface area contributed by atoms with Crippen molar-refractivity contribution in [2.45, 2.75) is 26.3 Å². The summed E-state index contributed by atoms with van der Waals surface area (Å²) in [6.07, 6.45) is 4.34. The first-order chi connectivity index (χ1) is 11.1. The molecule has 1 amide bonds. The number of rotatable bonds is 6. The van der Waals surface area contributed by atoms with E-state index in [0.717, 1.165) is 16.5 Å². The van der Waals surface area contributed by atoms with Crippen LogP contribution >= 0.6 is 0 Å². The van der Waals surface area contributed by atoms with E-state index >= 15 is 0 Å². The zero-order valence-corrected chi connectivity index (χ0v) is 13.8. The molecule has 4 heteroatoms. The average molecular weight is 309 g/mol. The van der Waals surface area contributed by atoms with Crippen LogP contribution < -0.4 is 10.6 Å². The van der Waals surface area contributed by atoms with Crippen LogP contribution in [0.1, 0.15) is 30.6 Å². The standard InChI is InChI=1S/C19H23N3O/c1-14(10-11-21-15(2)13-20-3)22-19(23)18-9-8-16-6-4-5-7-17(16)12-18/h4-9,11-14,20H,10H2,1-3H3,(H,22,23)/b15-13-,21-11?. The van der Waals surface area contributed by atoms with Gasteiger partial charge in [-0.2, -0.15) is 0 Å². The Balaban J connectivity index is 1.96. The normalized spacial score (nSPS) is 13.3. The van der Waals surface area contributed by atoms with Gasteiger partial charge in [-0.05, 0) is 36.8 Å². The minimum Gasteiger partial charge on any atom is -0.393 e. The van der Waals surface area contributed by atoms with Crippen LogP contribution in [0, 0.1) is 0 Å². The molecule has 0 saturated heterocycles. The lowest BCUT2D eigenvalue weighted by Crippen LogP contribution is -2.32. The first-order valence-electron chi connectivity index (χ1n) is 7.76. The van der Waals surface area contributed by atoms with Gasteiger partial charge in [0.2, 0.25) is 0 Å². The van der Waals surface area contributed by atoms with Crippen molar-refractivity contribution in [1.29, 1.82) is 0 Å². The van der Waals surface area contributed by atoms with E-state index in [4.69, 9.17) is 0 Å². The summed E-state index contributed by atoms with van der Waals surface area (Å²) in [5, 5.41) is 8.14. The summed E-state index contributed by atoms with van der Waals surface area (Å²) >= 11 is 0. The molecule has 2 rings (SSSR count). The van der Waals surface area contributed by atoms with E-state index in [9.17, 15) is 4.79 Å². The number of carbonyl (C=O) groups excluding carboxylic acids is 1. The number of nitrogens with one attached hydrogen (secondary N) is 2. The lowest BCUT2D eigenvalue weighted by Gasteiger charge is -2.12. The Kier molecular flexibility index (Phi) is 5.92. The van der Waals surface area contributed by atoms with Crippen molar-refractivity contribution in [3.8, 4) is 0 Å². The summed E-state index contributed by atoms with van der Waals surface area (Å²) in [6.45, 7) is 3.90. The highest BCUT2D eigenvalue weighted by atomic mass is 16.1. The second-order valence-electron chi connectivity index (χ2n) is 5.56. The predicted octanol–water partition coefficient (Wildman–Crippen LogP) is 3.50. The molecule has 1 atom stereocenters. The van der Waals surface area contributed by atoms with Gasteiger partial charge < -0.3 is 10.6 Å². The Labute approximate surface area is 137 Å². The molecule has 4 nitrogen and oxygen atoms in total.